The lowest BCUT2D eigenvalue weighted by Gasteiger charge is -2.09. The van der Waals surface area contributed by atoms with Crippen LogP contribution in [-0.2, 0) is 9.53 Å². The van der Waals surface area contributed by atoms with Gasteiger partial charge in [0, 0.05) is 23.6 Å². The van der Waals surface area contributed by atoms with E-state index in [1.807, 2.05) is 0 Å². The molecule has 0 spiro atoms. The van der Waals surface area contributed by atoms with Gasteiger partial charge in [0.2, 0.25) is 0 Å². The topological polar surface area (TPSA) is 75.1 Å². The average molecular weight is 201 g/mol. The van der Waals surface area contributed by atoms with E-state index >= 15 is 0 Å². The molecule has 1 saturated heterocycles. The number of ether oxygens (including phenoxy) is 1. The van der Waals surface area contributed by atoms with Gasteiger partial charge in [-0.25, -0.2) is 0 Å². The quantitative estimate of drug-likeness (QED) is 0.303. The van der Waals surface area contributed by atoms with Crippen LogP contribution in [0.25, 0.3) is 10.4 Å². The predicted molar refractivity (Wildman–Crippen MR) is 50.2 cm³/mol. The monoisotopic (exact) mass is 201 g/mol. The molecule has 0 amide bonds. The number of hydrogen-bond donors (Lipinski definition) is 0. The lowest BCUT2D eigenvalue weighted by Crippen LogP contribution is -2.09. The summed E-state index contributed by atoms with van der Waals surface area (Å²) >= 11 is 1.57. The van der Waals surface area contributed by atoms with E-state index < -0.39 is 0 Å². The molecule has 0 N–H and O–H groups in total. The molecule has 1 unspecified atom stereocenters. The summed E-state index contributed by atoms with van der Waals surface area (Å²) in [4.78, 5) is 13.3. The second kappa shape index (κ2) is 4.99. The Morgan fingerprint density at radius 1 is 1.77 bits per heavy atom. The van der Waals surface area contributed by atoms with Crippen LogP contribution in [0.15, 0.2) is 5.11 Å². The Kier molecular flexibility index (Phi) is 3.92. The van der Waals surface area contributed by atoms with Crippen LogP contribution in [0.1, 0.15) is 19.8 Å². The number of rotatable bonds is 3. The van der Waals surface area contributed by atoms with E-state index in [1.165, 1.54) is 6.92 Å². The van der Waals surface area contributed by atoms with Crippen molar-refractivity contribution in [3.63, 3.8) is 0 Å². The molecule has 13 heavy (non-hydrogen) atoms. The summed E-state index contributed by atoms with van der Waals surface area (Å²) in [5, 5.41) is 3.79. The number of azide groups is 1. The summed E-state index contributed by atoms with van der Waals surface area (Å²) in [5.74, 6) is -0.248. The van der Waals surface area contributed by atoms with Crippen LogP contribution in [0.3, 0.4) is 0 Å². The van der Waals surface area contributed by atoms with Crippen molar-refractivity contribution in [2.24, 2.45) is 5.11 Å². The number of nitrogens with zero attached hydrogens (tertiary/aromatic N) is 3. The van der Waals surface area contributed by atoms with Crippen molar-refractivity contribution in [3.05, 3.63) is 10.4 Å². The zero-order valence-electron chi connectivity index (χ0n) is 7.34. The van der Waals surface area contributed by atoms with E-state index in [0.717, 1.165) is 12.8 Å². The Morgan fingerprint density at radius 2 is 2.54 bits per heavy atom. The molecule has 0 bridgehead atoms. The van der Waals surface area contributed by atoms with E-state index in [2.05, 4.69) is 10.0 Å². The average Bonchev–Trinajstić information content (AvgIpc) is 2.48. The minimum absolute atomic E-state index is 0.0450. The third-order valence-electron chi connectivity index (χ3n) is 1.71. The fourth-order valence-electron chi connectivity index (χ4n) is 1.21. The molecule has 0 saturated carbocycles. The highest BCUT2D eigenvalue weighted by Gasteiger charge is 2.26. The highest BCUT2D eigenvalue weighted by Crippen LogP contribution is 2.34. The summed E-state index contributed by atoms with van der Waals surface area (Å²) in [6.45, 7) is 1.89. The summed E-state index contributed by atoms with van der Waals surface area (Å²) in [6, 6.07) is 0. The second-order valence-corrected chi connectivity index (χ2v) is 4.25. The Bertz CT molecular complexity index is 230. The maximum Gasteiger partial charge on any atom is 0.303 e. The van der Waals surface area contributed by atoms with E-state index in [1.54, 1.807) is 11.8 Å². The van der Waals surface area contributed by atoms with Crippen LogP contribution >= 0.6 is 11.8 Å². The highest BCUT2D eigenvalue weighted by molar-refractivity contribution is 8.00. The number of thioether (sulfide) groups is 1. The molecule has 5 nitrogen and oxygen atoms in total. The predicted octanol–water partition coefficient (Wildman–Crippen LogP) is 2.08. The molecule has 0 aromatic rings. The largest absolute Gasteiger partial charge is 0.451 e. The maximum atomic E-state index is 10.6. The van der Waals surface area contributed by atoms with E-state index in [-0.39, 0.29) is 11.4 Å². The second-order valence-electron chi connectivity index (χ2n) is 2.79. The van der Waals surface area contributed by atoms with Crippen molar-refractivity contribution in [1.82, 2.24) is 0 Å². The van der Waals surface area contributed by atoms with Gasteiger partial charge in [-0.2, -0.15) is 0 Å². The molecule has 0 aromatic carbocycles. The molecule has 0 aliphatic carbocycles. The standard InChI is InChI=1S/C7H11N3O2S/c1-5(11)12-7-3-2-6(13-7)4-9-10-8/h6-7H,2-4H2,1H3/t6-,7?/m1/s1. The molecular formula is C7H11N3O2S. The number of esters is 1. The van der Waals surface area contributed by atoms with Gasteiger partial charge in [0.25, 0.3) is 0 Å². The summed E-state index contributed by atoms with van der Waals surface area (Å²) < 4.78 is 5.01. The van der Waals surface area contributed by atoms with Crippen LogP contribution in [-0.4, -0.2) is 23.2 Å². The van der Waals surface area contributed by atoms with Gasteiger partial charge in [-0.05, 0) is 18.4 Å². The first-order valence-electron chi connectivity index (χ1n) is 4.06. The van der Waals surface area contributed by atoms with Gasteiger partial charge >= 0.3 is 5.97 Å². The Hall–Kier alpha value is -0.870. The van der Waals surface area contributed by atoms with Crippen LogP contribution in [0, 0.1) is 0 Å². The molecular weight excluding hydrogens is 190 g/mol. The lowest BCUT2D eigenvalue weighted by atomic mass is 10.2. The summed E-state index contributed by atoms with van der Waals surface area (Å²) in [6.07, 6.45) is 1.80. The van der Waals surface area contributed by atoms with Gasteiger partial charge < -0.3 is 4.74 Å². The molecule has 1 aliphatic rings. The van der Waals surface area contributed by atoms with Crippen molar-refractivity contribution in [1.29, 1.82) is 0 Å². The van der Waals surface area contributed by atoms with E-state index in [0.29, 0.717) is 11.8 Å². The summed E-state index contributed by atoms with van der Waals surface area (Å²) in [7, 11) is 0. The van der Waals surface area contributed by atoms with Crippen molar-refractivity contribution in [2.75, 3.05) is 6.54 Å². The van der Waals surface area contributed by atoms with Crippen LogP contribution in [0.2, 0.25) is 0 Å². The molecule has 2 atom stereocenters. The molecule has 0 radical (unpaired) electrons. The lowest BCUT2D eigenvalue weighted by molar-refractivity contribution is -0.142. The minimum Gasteiger partial charge on any atom is -0.451 e. The maximum absolute atomic E-state index is 10.6. The molecule has 1 aliphatic heterocycles. The molecule has 0 aromatic heterocycles. The molecule has 1 rings (SSSR count). The van der Waals surface area contributed by atoms with E-state index in [4.69, 9.17) is 10.3 Å². The third-order valence-corrected chi connectivity index (χ3v) is 3.12. The zero-order valence-corrected chi connectivity index (χ0v) is 8.16. The number of carbonyl (C=O) groups excluding carboxylic acids is 1. The van der Waals surface area contributed by atoms with Gasteiger partial charge in [-0.3, -0.25) is 4.79 Å². The van der Waals surface area contributed by atoms with Gasteiger partial charge in [-0.15, -0.1) is 11.8 Å². The smallest absolute Gasteiger partial charge is 0.303 e. The highest BCUT2D eigenvalue weighted by atomic mass is 32.2. The first kappa shape index (κ1) is 10.2. The van der Waals surface area contributed by atoms with Gasteiger partial charge in [0.1, 0.15) is 5.44 Å². The number of carbonyl (C=O) groups is 1. The Morgan fingerprint density at radius 3 is 3.15 bits per heavy atom. The Labute approximate surface area is 80.5 Å². The van der Waals surface area contributed by atoms with Gasteiger partial charge in [-0.1, -0.05) is 5.11 Å². The molecule has 72 valence electrons. The SMILES string of the molecule is CC(=O)OC1CC[C@H](CN=[N+]=[N-])S1. The van der Waals surface area contributed by atoms with Gasteiger partial charge in [0.15, 0.2) is 0 Å². The molecule has 1 fully saturated rings. The fraction of sp³-hybridized carbons (Fsp3) is 0.857. The minimum atomic E-state index is -0.248. The Balaban J connectivity index is 2.27. The normalized spacial score (nSPS) is 26.5. The number of hydrogen-bond acceptors (Lipinski definition) is 4. The van der Waals surface area contributed by atoms with Crippen LogP contribution < -0.4 is 0 Å². The molecule has 1 heterocycles. The van der Waals surface area contributed by atoms with E-state index in [9.17, 15) is 4.79 Å². The van der Waals surface area contributed by atoms with Gasteiger partial charge in [0.05, 0.1) is 0 Å². The third kappa shape index (κ3) is 3.57. The zero-order chi connectivity index (χ0) is 9.68. The first-order valence-corrected chi connectivity index (χ1v) is 5.00. The molecule has 6 heteroatoms. The van der Waals surface area contributed by atoms with Crippen molar-refractivity contribution in [3.8, 4) is 0 Å². The van der Waals surface area contributed by atoms with Crippen molar-refractivity contribution >= 4 is 17.7 Å². The van der Waals surface area contributed by atoms with Crippen molar-refractivity contribution < 1.29 is 9.53 Å². The fourth-order valence-corrected chi connectivity index (χ4v) is 2.52. The first-order chi connectivity index (χ1) is 6.22. The van der Waals surface area contributed by atoms with Crippen LogP contribution in [0.4, 0.5) is 0 Å². The summed E-state index contributed by atoms with van der Waals surface area (Å²) in [5.41, 5.74) is 8.06. The van der Waals surface area contributed by atoms with Crippen LogP contribution in [0.5, 0.6) is 0 Å². The van der Waals surface area contributed by atoms with Crippen molar-refractivity contribution in [2.45, 2.75) is 30.5 Å².